The van der Waals surface area contributed by atoms with Gasteiger partial charge in [-0.25, -0.2) is 4.79 Å². The Balaban J connectivity index is 1.59. The minimum atomic E-state index is -4.62. The number of nitrogens with one attached hydrogen (secondary N) is 2. The first-order chi connectivity index (χ1) is 19.0. The van der Waals surface area contributed by atoms with Gasteiger partial charge in [-0.2, -0.15) is 13.2 Å². The SMILES string of the molecule is O=C(O)c1ccccc1C(=O)Nc1cccc(SC(C(=O)Nc2cc(C(F)(F)F)ccc2Cl)c2ccccc2)c1. The summed E-state index contributed by atoms with van der Waals surface area (Å²) in [7, 11) is 0. The number of anilines is 2. The number of halogens is 4. The minimum absolute atomic E-state index is 0.0208. The van der Waals surface area contributed by atoms with Crippen molar-refractivity contribution in [2.75, 3.05) is 10.6 Å². The number of carbonyl (C=O) groups is 3. The van der Waals surface area contributed by atoms with Crippen molar-refractivity contribution in [1.29, 1.82) is 0 Å². The van der Waals surface area contributed by atoms with Crippen LogP contribution in [0.2, 0.25) is 5.02 Å². The molecule has 0 heterocycles. The molecule has 0 fully saturated rings. The Morgan fingerprint density at radius 1 is 0.800 bits per heavy atom. The lowest BCUT2D eigenvalue weighted by atomic mass is 10.1. The number of hydrogen-bond acceptors (Lipinski definition) is 4. The average molecular weight is 585 g/mol. The van der Waals surface area contributed by atoms with Crippen molar-refractivity contribution in [1.82, 2.24) is 0 Å². The maximum absolute atomic E-state index is 13.4. The fourth-order valence-corrected chi connectivity index (χ4v) is 4.99. The lowest BCUT2D eigenvalue weighted by Crippen LogP contribution is -2.20. The second kappa shape index (κ2) is 12.3. The highest BCUT2D eigenvalue weighted by atomic mass is 35.5. The van der Waals surface area contributed by atoms with Gasteiger partial charge >= 0.3 is 12.1 Å². The van der Waals surface area contributed by atoms with Gasteiger partial charge in [0.1, 0.15) is 5.25 Å². The summed E-state index contributed by atoms with van der Waals surface area (Å²) >= 11 is 7.19. The van der Waals surface area contributed by atoms with Crippen LogP contribution in [0.1, 0.15) is 37.1 Å². The number of carboxylic acids is 1. The summed E-state index contributed by atoms with van der Waals surface area (Å²) in [4.78, 5) is 38.2. The Bertz CT molecular complexity index is 1560. The van der Waals surface area contributed by atoms with Gasteiger partial charge in [0.25, 0.3) is 5.91 Å². The fourth-order valence-electron chi connectivity index (χ4n) is 3.75. The number of carbonyl (C=O) groups excluding carboxylic acids is 2. The predicted octanol–water partition coefficient (Wildman–Crippen LogP) is 7.78. The minimum Gasteiger partial charge on any atom is -0.478 e. The molecule has 1 unspecified atom stereocenters. The van der Waals surface area contributed by atoms with Crippen molar-refractivity contribution in [3.8, 4) is 0 Å². The van der Waals surface area contributed by atoms with Gasteiger partial charge in [0.05, 0.1) is 27.4 Å². The van der Waals surface area contributed by atoms with Gasteiger partial charge in [0.15, 0.2) is 0 Å². The second-order valence-corrected chi connectivity index (χ2v) is 10.0. The maximum Gasteiger partial charge on any atom is 0.416 e. The number of alkyl halides is 3. The van der Waals surface area contributed by atoms with E-state index in [0.29, 0.717) is 16.1 Å². The number of amides is 2. The molecule has 1 atom stereocenters. The Kier molecular flexibility index (Phi) is 8.81. The molecule has 0 aliphatic rings. The standard InChI is InChI=1S/C29H20ClF3N2O4S/c30-23-14-13-18(29(31,32)33)15-24(23)35-27(37)25(17-7-2-1-3-8-17)40-20-10-6-9-19(16-20)34-26(36)21-11-4-5-12-22(21)28(38)39/h1-16,25H,(H,34,36)(H,35,37)(H,38,39). The van der Waals surface area contributed by atoms with Gasteiger partial charge in [0, 0.05) is 10.6 Å². The molecule has 3 N–H and O–H groups in total. The zero-order valence-electron chi connectivity index (χ0n) is 20.4. The van der Waals surface area contributed by atoms with Crippen molar-refractivity contribution >= 4 is 52.5 Å². The third-order valence-electron chi connectivity index (χ3n) is 5.64. The third kappa shape index (κ3) is 7.02. The summed E-state index contributed by atoms with van der Waals surface area (Å²) in [5.41, 5.74) is -0.376. The molecule has 6 nitrogen and oxygen atoms in total. The molecule has 0 saturated heterocycles. The van der Waals surface area contributed by atoms with Crippen LogP contribution < -0.4 is 10.6 Å². The molecule has 0 saturated carbocycles. The first-order valence-electron chi connectivity index (χ1n) is 11.7. The Hall–Kier alpha value is -4.28. The van der Waals surface area contributed by atoms with Crippen molar-refractivity contribution < 1.29 is 32.7 Å². The van der Waals surface area contributed by atoms with Crippen molar-refractivity contribution in [2.45, 2.75) is 16.3 Å². The van der Waals surface area contributed by atoms with Gasteiger partial charge in [-0.3, -0.25) is 9.59 Å². The fraction of sp³-hybridized carbons (Fsp3) is 0.0690. The van der Waals surface area contributed by atoms with E-state index in [1.165, 1.54) is 18.2 Å². The molecule has 204 valence electrons. The number of thioether (sulfide) groups is 1. The molecule has 0 aliphatic heterocycles. The topological polar surface area (TPSA) is 95.5 Å². The van der Waals surface area contributed by atoms with E-state index in [9.17, 15) is 32.7 Å². The average Bonchev–Trinajstić information content (AvgIpc) is 2.93. The monoisotopic (exact) mass is 584 g/mol. The zero-order valence-corrected chi connectivity index (χ0v) is 22.0. The Labute approximate surface area is 236 Å². The summed E-state index contributed by atoms with van der Waals surface area (Å²) in [5.74, 6) is -2.48. The van der Waals surface area contributed by atoms with E-state index in [2.05, 4.69) is 10.6 Å². The molecular weight excluding hydrogens is 565 g/mol. The third-order valence-corrected chi connectivity index (χ3v) is 7.22. The highest BCUT2D eigenvalue weighted by Gasteiger charge is 2.31. The van der Waals surface area contributed by atoms with Crippen molar-refractivity contribution in [3.05, 3.63) is 124 Å². The Morgan fingerprint density at radius 3 is 2.15 bits per heavy atom. The van der Waals surface area contributed by atoms with Crippen LogP contribution in [0, 0.1) is 0 Å². The van der Waals surface area contributed by atoms with Crippen molar-refractivity contribution in [3.63, 3.8) is 0 Å². The zero-order chi connectivity index (χ0) is 28.9. The molecule has 0 radical (unpaired) electrons. The molecule has 11 heteroatoms. The highest BCUT2D eigenvalue weighted by molar-refractivity contribution is 8.00. The maximum atomic E-state index is 13.4. The number of carboxylic acid groups (broad SMARTS) is 1. The van der Waals surface area contributed by atoms with Gasteiger partial charge in [-0.15, -0.1) is 11.8 Å². The van der Waals surface area contributed by atoms with Crippen LogP contribution in [0.3, 0.4) is 0 Å². The van der Waals surface area contributed by atoms with Crippen LogP contribution in [-0.4, -0.2) is 22.9 Å². The lowest BCUT2D eigenvalue weighted by molar-refractivity contribution is -0.137. The first kappa shape index (κ1) is 28.7. The molecule has 4 rings (SSSR count). The van der Waals surface area contributed by atoms with Crippen molar-refractivity contribution in [2.24, 2.45) is 0 Å². The van der Waals surface area contributed by atoms with E-state index < -0.39 is 34.8 Å². The summed E-state index contributed by atoms with van der Waals surface area (Å²) in [6.07, 6.45) is -4.62. The van der Waals surface area contributed by atoms with Gasteiger partial charge in [0.2, 0.25) is 5.91 Å². The van der Waals surface area contributed by atoms with E-state index in [4.69, 9.17) is 11.6 Å². The molecule has 2 amide bonds. The van der Waals surface area contributed by atoms with Crippen LogP contribution in [0.4, 0.5) is 24.5 Å². The molecule has 0 bridgehead atoms. The normalized spacial score (nSPS) is 11.9. The molecule has 0 spiro atoms. The van der Waals surface area contributed by atoms with E-state index in [1.807, 2.05) is 0 Å². The van der Waals surface area contributed by atoms with Crippen LogP contribution in [0.25, 0.3) is 0 Å². The summed E-state index contributed by atoms with van der Waals surface area (Å²) in [6.45, 7) is 0. The summed E-state index contributed by atoms with van der Waals surface area (Å²) in [6, 6.07) is 23.6. The number of hydrogen-bond donors (Lipinski definition) is 3. The van der Waals surface area contributed by atoms with Gasteiger partial charge in [-0.05, 0) is 54.1 Å². The summed E-state index contributed by atoms with van der Waals surface area (Å²) in [5, 5.41) is 13.6. The molecule has 40 heavy (non-hydrogen) atoms. The smallest absolute Gasteiger partial charge is 0.416 e. The number of aromatic carboxylic acids is 1. The second-order valence-electron chi connectivity index (χ2n) is 8.42. The van der Waals surface area contributed by atoms with Crippen LogP contribution in [0.15, 0.2) is 102 Å². The van der Waals surface area contributed by atoms with E-state index in [1.54, 1.807) is 60.7 Å². The number of rotatable bonds is 8. The lowest BCUT2D eigenvalue weighted by Gasteiger charge is -2.19. The van der Waals surface area contributed by atoms with Crippen LogP contribution in [0.5, 0.6) is 0 Å². The van der Waals surface area contributed by atoms with Gasteiger partial charge in [-0.1, -0.05) is 60.1 Å². The summed E-state index contributed by atoms with van der Waals surface area (Å²) < 4.78 is 39.7. The highest BCUT2D eigenvalue weighted by Crippen LogP contribution is 2.39. The molecule has 0 aromatic heterocycles. The predicted molar refractivity (Wildman–Crippen MR) is 148 cm³/mol. The molecule has 0 aliphatic carbocycles. The molecular formula is C29H20ClF3N2O4S. The van der Waals surface area contributed by atoms with E-state index in [-0.39, 0.29) is 21.8 Å². The van der Waals surface area contributed by atoms with Crippen LogP contribution in [-0.2, 0) is 11.0 Å². The van der Waals surface area contributed by atoms with Crippen LogP contribution >= 0.6 is 23.4 Å². The molecule has 4 aromatic rings. The van der Waals surface area contributed by atoms with E-state index in [0.717, 1.165) is 30.0 Å². The number of benzene rings is 4. The molecule has 4 aromatic carbocycles. The van der Waals surface area contributed by atoms with Gasteiger partial charge < -0.3 is 15.7 Å². The quantitative estimate of drug-likeness (QED) is 0.184. The largest absolute Gasteiger partial charge is 0.478 e. The first-order valence-corrected chi connectivity index (χ1v) is 12.9. The van der Waals surface area contributed by atoms with E-state index >= 15 is 0 Å². The Morgan fingerprint density at radius 2 is 1.48 bits per heavy atom.